The second-order valence-electron chi connectivity index (χ2n) is 6.90. The Morgan fingerprint density at radius 1 is 1.21 bits per heavy atom. The van der Waals surface area contributed by atoms with E-state index in [1.165, 1.54) is 28.6 Å². The molecule has 0 unspecified atom stereocenters. The number of nitrogens with zero attached hydrogens (tertiary/aromatic N) is 2. The van der Waals surface area contributed by atoms with Crippen LogP contribution in [0.3, 0.4) is 0 Å². The first kappa shape index (κ1) is 18.7. The standard InChI is InChI=1S/C19H20N2O6S/c22-16(11-13-3-2-10-28-13)20-7-5-19(6-8-20)21(14(12-27-19)18(24)25)17(23)15-4-1-9-26-15/h1-4,9-10,14H,5-8,11-12H2,(H,24,25)/t14-/m1/s1. The summed E-state index contributed by atoms with van der Waals surface area (Å²) < 4.78 is 11.1. The number of rotatable bonds is 4. The van der Waals surface area contributed by atoms with E-state index in [4.69, 9.17) is 9.15 Å². The summed E-state index contributed by atoms with van der Waals surface area (Å²) in [7, 11) is 0. The number of carboxylic acid groups (broad SMARTS) is 1. The van der Waals surface area contributed by atoms with Crippen LogP contribution in [0, 0.1) is 0 Å². The number of furan rings is 1. The van der Waals surface area contributed by atoms with E-state index in [9.17, 15) is 19.5 Å². The van der Waals surface area contributed by atoms with Crippen LogP contribution in [0.1, 0.15) is 28.3 Å². The van der Waals surface area contributed by atoms with Gasteiger partial charge in [-0.3, -0.25) is 14.5 Å². The van der Waals surface area contributed by atoms with Gasteiger partial charge >= 0.3 is 5.97 Å². The summed E-state index contributed by atoms with van der Waals surface area (Å²) in [4.78, 5) is 41.2. The molecule has 0 aromatic carbocycles. The molecule has 0 bridgehead atoms. The smallest absolute Gasteiger partial charge is 0.328 e. The highest BCUT2D eigenvalue weighted by molar-refractivity contribution is 7.10. The van der Waals surface area contributed by atoms with E-state index in [1.807, 2.05) is 17.5 Å². The summed E-state index contributed by atoms with van der Waals surface area (Å²) in [6.07, 6.45) is 2.44. The normalized spacial score (nSPS) is 21.2. The molecule has 1 N–H and O–H groups in total. The number of likely N-dealkylation sites (tertiary alicyclic amines) is 1. The van der Waals surface area contributed by atoms with Crippen molar-refractivity contribution >= 4 is 29.1 Å². The van der Waals surface area contributed by atoms with E-state index >= 15 is 0 Å². The summed E-state index contributed by atoms with van der Waals surface area (Å²) >= 11 is 1.54. The molecule has 2 aromatic rings. The molecule has 1 atom stereocenters. The number of amides is 2. The second-order valence-corrected chi connectivity index (χ2v) is 7.93. The van der Waals surface area contributed by atoms with Crippen LogP contribution in [0.15, 0.2) is 40.3 Å². The van der Waals surface area contributed by atoms with Crippen molar-refractivity contribution in [3.8, 4) is 0 Å². The summed E-state index contributed by atoms with van der Waals surface area (Å²) in [5.74, 6) is -1.53. The maximum absolute atomic E-state index is 12.9. The summed E-state index contributed by atoms with van der Waals surface area (Å²) in [5, 5.41) is 11.5. The van der Waals surface area contributed by atoms with Gasteiger partial charge < -0.3 is 19.2 Å². The Bertz CT molecular complexity index is 855. The van der Waals surface area contributed by atoms with Gasteiger partial charge in [0.05, 0.1) is 19.3 Å². The number of carboxylic acids is 1. The minimum atomic E-state index is -1.12. The van der Waals surface area contributed by atoms with Crippen LogP contribution in [0.4, 0.5) is 0 Å². The topological polar surface area (TPSA) is 100 Å². The van der Waals surface area contributed by atoms with E-state index in [1.54, 1.807) is 11.0 Å². The fourth-order valence-corrected chi connectivity index (χ4v) is 4.55. The number of piperidine rings is 1. The molecule has 8 nitrogen and oxygen atoms in total. The van der Waals surface area contributed by atoms with Crippen molar-refractivity contribution in [2.75, 3.05) is 19.7 Å². The van der Waals surface area contributed by atoms with Crippen LogP contribution in [0.2, 0.25) is 0 Å². The number of thiophene rings is 1. The molecule has 2 aromatic heterocycles. The lowest BCUT2D eigenvalue weighted by Crippen LogP contribution is -2.58. The summed E-state index contributed by atoms with van der Waals surface area (Å²) in [5.41, 5.74) is -1.04. The Morgan fingerprint density at radius 3 is 2.61 bits per heavy atom. The van der Waals surface area contributed by atoms with Gasteiger partial charge in [0.15, 0.2) is 11.8 Å². The monoisotopic (exact) mass is 404 g/mol. The maximum Gasteiger partial charge on any atom is 0.328 e. The van der Waals surface area contributed by atoms with Gasteiger partial charge in [-0.25, -0.2) is 4.79 Å². The highest BCUT2D eigenvalue weighted by Crippen LogP contribution is 2.38. The van der Waals surface area contributed by atoms with Crippen molar-refractivity contribution in [3.63, 3.8) is 0 Å². The van der Waals surface area contributed by atoms with Crippen LogP contribution < -0.4 is 0 Å². The van der Waals surface area contributed by atoms with Crippen molar-refractivity contribution in [1.29, 1.82) is 0 Å². The number of hydrogen-bond donors (Lipinski definition) is 1. The Kier molecular flexibility index (Phi) is 4.94. The highest BCUT2D eigenvalue weighted by Gasteiger charge is 2.54. The van der Waals surface area contributed by atoms with Crippen molar-refractivity contribution < 1.29 is 28.6 Å². The number of ether oxygens (including phenoxy) is 1. The molecule has 1 spiro atoms. The van der Waals surface area contributed by atoms with Gasteiger partial charge in [0, 0.05) is 30.8 Å². The van der Waals surface area contributed by atoms with Crippen LogP contribution in [-0.4, -0.2) is 64.2 Å². The first-order valence-electron chi connectivity index (χ1n) is 9.04. The predicted molar refractivity (Wildman–Crippen MR) is 98.8 cm³/mol. The number of carbonyl (C=O) groups is 3. The predicted octanol–water partition coefficient (Wildman–Crippen LogP) is 1.83. The molecule has 2 aliphatic heterocycles. The van der Waals surface area contributed by atoms with E-state index in [0.29, 0.717) is 32.4 Å². The molecule has 2 saturated heterocycles. The molecular formula is C19H20N2O6S. The fraction of sp³-hybridized carbons (Fsp3) is 0.421. The van der Waals surface area contributed by atoms with Gasteiger partial charge in [-0.05, 0) is 23.6 Å². The van der Waals surface area contributed by atoms with Gasteiger partial charge in [0.1, 0.15) is 5.72 Å². The van der Waals surface area contributed by atoms with Crippen molar-refractivity contribution in [1.82, 2.24) is 9.80 Å². The number of carbonyl (C=O) groups excluding carboxylic acids is 2. The summed E-state index contributed by atoms with van der Waals surface area (Å²) in [6, 6.07) is 5.85. The van der Waals surface area contributed by atoms with Crippen LogP contribution in [-0.2, 0) is 20.7 Å². The average molecular weight is 404 g/mol. The zero-order valence-corrected chi connectivity index (χ0v) is 15.9. The van der Waals surface area contributed by atoms with Gasteiger partial charge in [0.2, 0.25) is 5.91 Å². The number of hydrogen-bond acceptors (Lipinski definition) is 6. The molecule has 2 fully saturated rings. The average Bonchev–Trinajstić information content (AvgIpc) is 3.43. The highest BCUT2D eigenvalue weighted by atomic mass is 32.1. The van der Waals surface area contributed by atoms with Gasteiger partial charge in [0.25, 0.3) is 5.91 Å². The third kappa shape index (κ3) is 3.31. The van der Waals surface area contributed by atoms with Gasteiger partial charge in [-0.2, -0.15) is 0 Å². The van der Waals surface area contributed by atoms with E-state index in [2.05, 4.69) is 0 Å². The zero-order valence-electron chi connectivity index (χ0n) is 15.1. The second kappa shape index (κ2) is 7.40. The molecule has 148 valence electrons. The Hall–Kier alpha value is -2.65. The molecule has 2 aliphatic rings. The third-order valence-electron chi connectivity index (χ3n) is 5.30. The molecule has 4 rings (SSSR count). The molecule has 0 radical (unpaired) electrons. The summed E-state index contributed by atoms with van der Waals surface area (Å²) in [6.45, 7) is 0.724. The Labute approximate surface area is 165 Å². The lowest BCUT2D eigenvalue weighted by molar-refractivity contribution is -0.147. The molecule has 0 aliphatic carbocycles. The van der Waals surface area contributed by atoms with E-state index in [-0.39, 0.29) is 18.3 Å². The van der Waals surface area contributed by atoms with Gasteiger partial charge in [-0.1, -0.05) is 6.07 Å². The Morgan fingerprint density at radius 2 is 2.00 bits per heavy atom. The molecular weight excluding hydrogens is 384 g/mol. The lowest BCUT2D eigenvalue weighted by Gasteiger charge is -2.43. The van der Waals surface area contributed by atoms with Crippen LogP contribution in [0.25, 0.3) is 0 Å². The van der Waals surface area contributed by atoms with Crippen molar-refractivity contribution in [3.05, 3.63) is 46.5 Å². The van der Waals surface area contributed by atoms with Crippen molar-refractivity contribution in [2.45, 2.75) is 31.0 Å². The SMILES string of the molecule is O=C(O)[C@H]1COC2(CCN(C(=O)Cc3cccs3)CC2)N1C(=O)c1ccco1. The first-order chi connectivity index (χ1) is 13.5. The molecule has 28 heavy (non-hydrogen) atoms. The third-order valence-corrected chi connectivity index (χ3v) is 6.18. The molecule has 0 saturated carbocycles. The largest absolute Gasteiger partial charge is 0.480 e. The van der Waals surface area contributed by atoms with E-state index < -0.39 is 23.6 Å². The fourth-order valence-electron chi connectivity index (χ4n) is 3.85. The Balaban J connectivity index is 1.50. The molecule has 9 heteroatoms. The van der Waals surface area contributed by atoms with Crippen molar-refractivity contribution in [2.24, 2.45) is 0 Å². The lowest BCUT2D eigenvalue weighted by atomic mass is 9.97. The minimum Gasteiger partial charge on any atom is -0.480 e. The zero-order chi connectivity index (χ0) is 19.7. The van der Waals surface area contributed by atoms with Crippen LogP contribution >= 0.6 is 11.3 Å². The van der Waals surface area contributed by atoms with E-state index in [0.717, 1.165) is 4.88 Å². The minimum absolute atomic E-state index is 0.0222. The number of aliphatic carboxylic acids is 1. The first-order valence-corrected chi connectivity index (χ1v) is 9.92. The maximum atomic E-state index is 12.9. The molecule has 4 heterocycles. The van der Waals surface area contributed by atoms with Crippen LogP contribution in [0.5, 0.6) is 0 Å². The van der Waals surface area contributed by atoms with Gasteiger partial charge in [-0.15, -0.1) is 11.3 Å². The molecule has 2 amide bonds. The quantitative estimate of drug-likeness (QED) is 0.835.